The molecule has 4 aromatic carbocycles. The van der Waals surface area contributed by atoms with Crippen molar-refractivity contribution in [2.75, 3.05) is 0 Å². The van der Waals surface area contributed by atoms with Gasteiger partial charge in [0, 0.05) is 11.3 Å². The Balaban J connectivity index is 1.66. The van der Waals surface area contributed by atoms with E-state index in [0.29, 0.717) is 0 Å². The third-order valence-electron chi connectivity index (χ3n) is 5.10. The van der Waals surface area contributed by atoms with Crippen LogP contribution in [0, 0.1) is 6.92 Å². The van der Waals surface area contributed by atoms with Gasteiger partial charge >= 0.3 is 0 Å². The van der Waals surface area contributed by atoms with Gasteiger partial charge in [-0.25, -0.2) is 4.98 Å². The normalized spacial score (nSPS) is 11.0. The lowest BCUT2D eigenvalue weighted by Crippen LogP contribution is -1.97. The molecule has 0 aliphatic rings. The summed E-state index contributed by atoms with van der Waals surface area (Å²) in [4.78, 5) is 4.95. The second-order valence-corrected chi connectivity index (χ2v) is 7.04. The lowest BCUT2D eigenvalue weighted by atomic mass is 10.0. The highest BCUT2D eigenvalue weighted by Gasteiger charge is 2.14. The Labute approximate surface area is 164 Å². The molecule has 2 nitrogen and oxygen atoms in total. The van der Waals surface area contributed by atoms with Crippen LogP contribution in [0.15, 0.2) is 103 Å². The first-order valence-electron chi connectivity index (χ1n) is 9.50. The number of hydrogen-bond acceptors (Lipinski definition) is 1. The molecule has 0 saturated heterocycles. The highest BCUT2D eigenvalue weighted by molar-refractivity contribution is 5.83. The van der Waals surface area contributed by atoms with Gasteiger partial charge in [-0.05, 0) is 42.3 Å². The molecular formula is C26H20N2. The zero-order valence-electron chi connectivity index (χ0n) is 15.7. The number of rotatable bonds is 3. The molecule has 28 heavy (non-hydrogen) atoms. The summed E-state index contributed by atoms with van der Waals surface area (Å²) >= 11 is 0. The molecule has 1 aromatic heterocycles. The van der Waals surface area contributed by atoms with Crippen molar-refractivity contribution in [2.24, 2.45) is 0 Å². The van der Waals surface area contributed by atoms with E-state index in [0.717, 1.165) is 28.1 Å². The zero-order valence-corrected chi connectivity index (χ0v) is 15.7. The summed E-state index contributed by atoms with van der Waals surface area (Å²) in [5, 5.41) is 0. The summed E-state index contributed by atoms with van der Waals surface area (Å²) in [7, 11) is 0. The second-order valence-electron chi connectivity index (χ2n) is 7.04. The van der Waals surface area contributed by atoms with Crippen molar-refractivity contribution < 1.29 is 0 Å². The molecule has 0 bridgehead atoms. The van der Waals surface area contributed by atoms with Gasteiger partial charge < -0.3 is 0 Å². The van der Waals surface area contributed by atoms with E-state index >= 15 is 0 Å². The first kappa shape index (κ1) is 16.5. The molecule has 5 aromatic rings. The third kappa shape index (κ3) is 2.89. The number of aromatic nitrogens is 2. The fourth-order valence-corrected chi connectivity index (χ4v) is 3.62. The minimum absolute atomic E-state index is 0.963. The average molecular weight is 360 g/mol. The minimum atomic E-state index is 0.963. The van der Waals surface area contributed by atoms with Crippen LogP contribution in [-0.2, 0) is 0 Å². The first-order valence-corrected chi connectivity index (χ1v) is 9.50. The molecule has 134 valence electrons. The summed E-state index contributed by atoms with van der Waals surface area (Å²) in [5.41, 5.74) is 8.04. The van der Waals surface area contributed by atoms with Gasteiger partial charge in [0.05, 0.1) is 11.0 Å². The Bertz CT molecular complexity index is 1230. The zero-order chi connectivity index (χ0) is 18.9. The molecule has 2 heteroatoms. The van der Waals surface area contributed by atoms with Crippen molar-refractivity contribution in [1.29, 1.82) is 0 Å². The lowest BCUT2D eigenvalue weighted by molar-refractivity contribution is 1.10. The first-order chi connectivity index (χ1) is 13.8. The number of nitrogens with zero attached hydrogens (tertiary/aromatic N) is 2. The van der Waals surface area contributed by atoms with E-state index in [2.05, 4.69) is 102 Å². The third-order valence-corrected chi connectivity index (χ3v) is 5.10. The van der Waals surface area contributed by atoms with Crippen LogP contribution in [0.25, 0.3) is 39.2 Å². The average Bonchev–Trinajstić information content (AvgIpc) is 3.15. The Morgan fingerprint density at radius 1 is 0.571 bits per heavy atom. The van der Waals surface area contributed by atoms with Crippen LogP contribution in [0.5, 0.6) is 0 Å². The molecule has 5 rings (SSSR count). The smallest absolute Gasteiger partial charge is 0.145 e. The quantitative estimate of drug-likeness (QED) is 0.351. The molecule has 0 atom stereocenters. The van der Waals surface area contributed by atoms with E-state index in [1.54, 1.807) is 0 Å². The van der Waals surface area contributed by atoms with Gasteiger partial charge in [0.1, 0.15) is 5.82 Å². The fourth-order valence-electron chi connectivity index (χ4n) is 3.62. The fraction of sp³-hybridized carbons (Fsp3) is 0.0385. The van der Waals surface area contributed by atoms with Crippen LogP contribution in [-0.4, -0.2) is 9.55 Å². The number of para-hydroxylation sites is 2. The predicted molar refractivity (Wildman–Crippen MR) is 117 cm³/mol. The van der Waals surface area contributed by atoms with E-state index in [1.165, 1.54) is 16.7 Å². The number of benzene rings is 4. The van der Waals surface area contributed by atoms with Crippen molar-refractivity contribution in [3.8, 4) is 28.2 Å². The number of aryl methyl sites for hydroxylation is 1. The molecule has 0 N–H and O–H groups in total. The number of imidazole rings is 1. The maximum Gasteiger partial charge on any atom is 0.145 e. The van der Waals surface area contributed by atoms with E-state index in [4.69, 9.17) is 4.98 Å². The van der Waals surface area contributed by atoms with Gasteiger partial charge in [-0.1, -0.05) is 84.4 Å². The van der Waals surface area contributed by atoms with Gasteiger partial charge in [0.15, 0.2) is 0 Å². The molecule has 0 amide bonds. The second kappa shape index (κ2) is 6.82. The van der Waals surface area contributed by atoms with Gasteiger partial charge in [-0.15, -0.1) is 0 Å². The van der Waals surface area contributed by atoms with Crippen LogP contribution >= 0.6 is 0 Å². The van der Waals surface area contributed by atoms with Crippen LogP contribution < -0.4 is 0 Å². The summed E-state index contributed by atoms with van der Waals surface area (Å²) in [6.45, 7) is 2.11. The van der Waals surface area contributed by atoms with E-state index in [-0.39, 0.29) is 0 Å². The largest absolute Gasteiger partial charge is 0.292 e. The van der Waals surface area contributed by atoms with E-state index < -0.39 is 0 Å². The SMILES string of the molecule is Cc1ccc(-n2c(-c3ccc(-c4ccccc4)cc3)nc3ccccc32)cc1. The van der Waals surface area contributed by atoms with Gasteiger partial charge in [0.2, 0.25) is 0 Å². The summed E-state index contributed by atoms with van der Waals surface area (Å²) in [6.07, 6.45) is 0. The van der Waals surface area contributed by atoms with Crippen molar-refractivity contribution in [1.82, 2.24) is 9.55 Å². The predicted octanol–water partition coefficient (Wildman–Crippen LogP) is 6.67. The Kier molecular flexibility index (Phi) is 4.02. The van der Waals surface area contributed by atoms with E-state index in [9.17, 15) is 0 Å². The summed E-state index contributed by atoms with van der Waals surface area (Å²) in [6, 6.07) is 36.0. The molecule has 0 saturated carbocycles. The Morgan fingerprint density at radius 3 is 1.93 bits per heavy atom. The van der Waals surface area contributed by atoms with Crippen molar-refractivity contribution in [3.63, 3.8) is 0 Å². The monoisotopic (exact) mass is 360 g/mol. The Hall–Kier alpha value is -3.65. The number of fused-ring (bicyclic) bond motifs is 1. The molecular weight excluding hydrogens is 340 g/mol. The lowest BCUT2D eigenvalue weighted by Gasteiger charge is -2.10. The van der Waals surface area contributed by atoms with Gasteiger partial charge in [0.25, 0.3) is 0 Å². The molecule has 1 heterocycles. The molecule has 0 unspecified atom stereocenters. The molecule has 0 spiro atoms. The van der Waals surface area contributed by atoms with Crippen molar-refractivity contribution in [3.05, 3.63) is 109 Å². The van der Waals surface area contributed by atoms with E-state index in [1.807, 2.05) is 12.1 Å². The highest BCUT2D eigenvalue weighted by Crippen LogP contribution is 2.30. The van der Waals surface area contributed by atoms with Gasteiger partial charge in [-0.2, -0.15) is 0 Å². The van der Waals surface area contributed by atoms with Crippen molar-refractivity contribution in [2.45, 2.75) is 6.92 Å². The molecule has 0 aliphatic carbocycles. The summed E-state index contributed by atoms with van der Waals surface area (Å²) in [5.74, 6) is 0.963. The van der Waals surface area contributed by atoms with Crippen LogP contribution in [0.1, 0.15) is 5.56 Å². The summed E-state index contributed by atoms with van der Waals surface area (Å²) < 4.78 is 2.24. The minimum Gasteiger partial charge on any atom is -0.292 e. The maximum atomic E-state index is 4.95. The molecule has 0 fully saturated rings. The molecule has 0 aliphatic heterocycles. The molecule has 0 radical (unpaired) electrons. The van der Waals surface area contributed by atoms with Crippen molar-refractivity contribution >= 4 is 11.0 Å². The van der Waals surface area contributed by atoms with Crippen LogP contribution in [0.3, 0.4) is 0 Å². The Morgan fingerprint density at radius 2 is 1.18 bits per heavy atom. The highest BCUT2D eigenvalue weighted by atomic mass is 15.1. The van der Waals surface area contributed by atoms with Gasteiger partial charge in [-0.3, -0.25) is 4.57 Å². The van der Waals surface area contributed by atoms with Crippen LogP contribution in [0.4, 0.5) is 0 Å². The topological polar surface area (TPSA) is 17.8 Å². The maximum absolute atomic E-state index is 4.95. The standard InChI is InChI=1S/C26H20N2/c1-19-11-17-23(18-12-19)28-25-10-6-5-9-24(25)27-26(28)22-15-13-21(14-16-22)20-7-3-2-4-8-20/h2-18H,1H3. The number of hydrogen-bond donors (Lipinski definition) is 0. The van der Waals surface area contributed by atoms with Crippen LogP contribution in [0.2, 0.25) is 0 Å².